The number of benzene rings is 2. The number of hydrogen-bond donors (Lipinski definition) is 1. The molecule has 1 aromatic heterocycles. The minimum absolute atomic E-state index is 0.238. The zero-order valence-corrected chi connectivity index (χ0v) is 20.9. The van der Waals surface area contributed by atoms with Crippen LogP contribution in [0.5, 0.6) is 17.2 Å². The van der Waals surface area contributed by atoms with Crippen molar-refractivity contribution in [3.05, 3.63) is 70.3 Å². The van der Waals surface area contributed by atoms with Crippen molar-refractivity contribution < 1.29 is 24.1 Å². The molecule has 1 aliphatic rings. The first-order valence-electron chi connectivity index (χ1n) is 11.5. The fourth-order valence-electron chi connectivity index (χ4n) is 3.64. The Morgan fingerprint density at radius 1 is 0.824 bits per heavy atom. The molecule has 1 atom stereocenters. The zero-order chi connectivity index (χ0) is 23.6. The molecule has 2 heterocycles. The van der Waals surface area contributed by atoms with Gasteiger partial charge in [0.05, 0.1) is 19.3 Å². The van der Waals surface area contributed by atoms with Gasteiger partial charge in [-0.15, -0.1) is 23.1 Å². The highest BCUT2D eigenvalue weighted by atomic mass is 32.2. The molecule has 0 radical (unpaired) electrons. The molecule has 3 aromatic rings. The molecule has 0 saturated carbocycles. The van der Waals surface area contributed by atoms with Crippen LogP contribution in [0.2, 0.25) is 0 Å². The first-order valence-corrected chi connectivity index (χ1v) is 13.5. The van der Waals surface area contributed by atoms with Crippen molar-refractivity contribution in [2.45, 2.75) is 25.9 Å². The average Bonchev–Trinajstić information content (AvgIpc) is 3.51. The maximum Gasteiger partial charge on any atom is 0.189 e. The van der Waals surface area contributed by atoms with Crippen LogP contribution in [-0.2, 0) is 4.74 Å². The lowest BCUT2D eigenvalue weighted by Crippen LogP contribution is -2.09. The van der Waals surface area contributed by atoms with Crippen molar-refractivity contribution in [3.63, 3.8) is 0 Å². The van der Waals surface area contributed by atoms with Crippen LogP contribution in [0.4, 0.5) is 0 Å². The minimum Gasteiger partial charge on any atom is -0.493 e. The third-order valence-electron chi connectivity index (χ3n) is 5.38. The predicted molar refractivity (Wildman–Crippen MR) is 140 cm³/mol. The lowest BCUT2D eigenvalue weighted by Gasteiger charge is -2.15. The summed E-state index contributed by atoms with van der Waals surface area (Å²) in [6, 6.07) is 15.9. The molecule has 0 saturated heterocycles. The van der Waals surface area contributed by atoms with Crippen LogP contribution in [0.3, 0.4) is 0 Å². The molecule has 0 aliphatic carbocycles. The summed E-state index contributed by atoms with van der Waals surface area (Å²) in [6.45, 7) is 4.00. The van der Waals surface area contributed by atoms with Crippen LogP contribution < -0.4 is 14.2 Å². The largest absolute Gasteiger partial charge is 0.493 e. The fraction of sp³-hybridized carbons (Fsp3) is 0.333. The number of aliphatic hydroxyl groups excluding tert-OH is 1. The lowest BCUT2D eigenvalue weighted by molar-refractivity contribution is 0.0230. The molecule has 7 heteroatoms. The molecule has 0 amide bonds. The summed E-state index contributed by atoms with van der Waals surface area (Å²) >= 11 is 3.23. The Kier molecular flexibility index (Phi) is 9.33. The number of rotatable bonds is 13. The van der Waals surface area contributed by atoms with Gasteiger partial charge in [0.15, 0.2) is 6.79 Å². The van der Waals surface area contributed by atoms with Crippen LogP contribution in [0, 0.1) is 0 Å². The number of thiophene rings is 1. The van der Waals surface area contributed by atoms with E-state index in [0.29, 0.717) is 25.6 Å². The Bertz CT molecular complexity index is 1080. The van der Waals surface area contributed by atoms with Crippen molar-refractivity contribution in [3.8, 4) is 28.4 Å². The Morgan fingerprint density at radius 2 is 1.50 bits per heavy atom. The van der Waals surface area contributed by atoms with Crippen molar-refractivity contribution in [2.75, 3.05) is 32.4 Å². The summed E-state index contributed by atoms with van der Waals surface area (Å²) in [5, 5.41) is 16.3. The molecule has 0 bridgehead atoms. The highest BCUT2D eigenvalue weighted by Gasteiger charge is 2.21. The quantitative estimate of drug-likeness (QED) is 0.215. The smallest absolute Gasteiger partial charge is 0.189 e. The Morgan fingerprint density at radius 3 is 2.18 bits per heavy atom. The molecule has 2 aromatic carbocycles. The number of aliphatic hydroxyl groups is 1. The van der Waals surface area contributed by atoms with Crippen LogP contribution >= 0.6 is 23.1 Å². The first kappa shape index (κ1) is 24.7. The van der Waals surface area contributed by atoms with Gasteiger partial charge in [-0.3, -0.25) is 0 Å². The predicted octanol–water partition coefficient (Wildman–Crippen LogP) is 6.47. The maximum absolute atomic E-state index is 10.2. The molecule has 34 heavy (non-hydrogen) atoms. The van der Waals surface area contributed by atoms with Crippen molar-refractivity contribution in [1.82, 2.24) is 0 Å². The normalized spacial score (nSPS) is 15.2. The molecule has 4 rings (SSSR count). The number of thioether (sulfide) groups is 1. The van der Waals surface area contributed by atoms with E-state index >= 15 is 0 Å². The van der Waals surface area contributed by atoms with Gasteiger partial charge >= 0.3 is 0 Å². The van der Waals surface area contributed by atoms with Crippen LogP contribution in [0.25, 0.3) is 16.7 Å². The molecule has 0 fully saturated rings. The van der Waals surface area contributed by atoms with Crippen molar-refractivity contribution in [2.24, 2.45) is 0 Å². The van der Waals surface area contributed by atoms with E-state index in [-0.39, 0.29) is 6.79 Å². The second kappa shape index (κ2) is 12.9. The Hall–Kier alpha value is -2.45. The summed E-state index contributed by atoms with van der Waals surface area (Å²) < 4.78 is 23.3. The number of para-hydroxylation sites is 2. The van der Waals surface area contributed by atoms with Gasteiger partial charge in [0.1, 0.15) is 17.2 Å². The van der Waals surface area contributed by atoms with Gasteiger partial charge in [0.25, 0.3) is 0 Å². The van der Waals surface area contributed by atoms with Gasteiger partial charge < -0.3 is 24.1 Å². The van der Waals surface area contributed by atoms with Gasteiger partial charge in [0, 0.05) is 39.8 Å². The van der Waals surface area contributed by atoms with Crippen LogP contribution in [0.15, 0.2) is 64.7 Å². The van der Waals surface area contributed by atoms with Crippen molar-refractivity contribution >= 4 is 28.7 Å². The highest BCUT2D eigenvalue weighted by Crippen LogP contribution is 2.39. The SMILES string of the molecule is CCOCOc1cscc1-c1ccccc1OCCCCOc1ccccc1C1=CSCC1O. The maximum atomic E-state index is 10.2. The summed E-state index contributed by atoms with van der Waals surface area (Å²) in [7, 11) is 0. The molecule has 1 N–H and O–H groups in total. The Labute approximate surface area is 209 Å². The van der Waals surface area contributed by atoms with Gasteiger partial charge in [0.2, 0.25) is 0 Å². The van der Waals surface area contributed by atoms with E-state index in [0.717, 1.165) is 52.4 Å². The lowest BCUT2D eigenvalue weighted by atomic mass is 10.0. The topological polar surface area (TPSA) is 57.2 Å². The van der Waals surface area contributed by atoms with Gasteiger partial charge in [-0.1, -0.05) is 36.4 Å². The fourth-order valence-corrected chi connectivity index (χ4v) is 5.32. The summed E-state index contributed by atoms with van der Waals surface area (Å²) in [5.74, 6) is 3.17. The van der Waals surface area contributed by atoms with E-state index in [1.807, 2.05) is 60.2 Å². The van der Waals surface area contributed by atoms with E-state index in [1.54, 1.807) is 23.1 Å². The number of unbranched alkanes of at least 4 members (excludes halogenated alkanes) is 1. The summed E-state index contributed by atoms with van der Waals surface area (Å²) in [5.41, 5.74) is 3.95. The highest BCUT2D eigenvalue weighted by molar-refractivity contribution is 8.02. The van der Waals surface area contributed by atoms with E-state index in [4.69, 9.17) is 18.9 Å². The molecule has 5 nitrogen and oxygen atoms in total. The van der Waals surface area contributed by atoms with Crippen LogP contribution in [0.1, 0.15) is 25.3 Å². The number of hydrogen-bond acceptors (Lipinski definition) is 7. The molecule has 1 aliphatic heterocycles. The molecular formula is C27H30O5S2. The second-order valence-corrected chi connectivity index (χ2v) is 9.37. The standard InChI is InChI=1S/C27H30O5S2/c1-2-29-19-32-27-18-34-16-23(27)21-10-4-6-12-26(21)31-14-8-7-13-30-25-11-5-3-9-20(25)22-15-33-17-24(22)28/h3-6,9-12,15-16,18,24,28H,2,7-8,13-14,17,19H2,1H3. The molecule has 180 valence electrons. The van der Waals surface area contributed by atoms with Crippen LogP contribution in [-0.4, -0.2) is 43.6 Å². The van der Waals surface area contributed by atoms with E-state index < -0.39 is 6.10 Å². The first-order chi connectivity index (χ1) is 16.8. The Balaban J connectivity index is 1.27. The zero-order valence-electron chi connectivity index (χ0n) is 19.3. The van der Waals surface area contributed by atoms with Crippen molar-refractivity contribution in [1.29, 1.82) is 0 Å². The monoisotopic (exact) mass is 498 g/mol. The van der Waals surface area contributed by atoms with Gasteiger partial charge in [-0.05, 0) is 42.9 Å². The van der Waals surface area contributed by atoms with E-state index in [1.165, 1.54) is 0 Å². The minimum atomic E-state index is -0.434. The summed E-state index contributed by atoms with van der Waals surface area (Å²) in [4.78, 5) is 0. The second-order valence-electron chi connectivity index (χ2n) is 7.72. The summed E-state index contributed by atoms with van der Waals surface area (Å²) in [6.07, 6.45) is 1.31. The third kappa shape index (κ3) is 6.36. The average molecular weight is 499 g/mol. The third-order valence-corrected chi connectivity index (χ3v) is 7.03. The van der Waals surface area contributed by atoms with E-state index in [2.05, 4.69) is 11.4 Å². The molecular weight excluding hydrogens is 468 g/mol. The van der Waals surface area contributed by atoms with E-state index in [9.17, 15) is 5.11 Å². The molecule has 0 spiro atoms. The van der Waals surface area contributed by atoms with Gasteiger partial charge in [-0.25, -0.2) is 0 Å². The number of ether oxygens (including phenoxy) is 4. The molecule has 1 unspecified atom stereocenters. The van der Waals surface area contributed by atoms with Gasteiger partial charge in [-0.2, -0.15) is 0 Å².